The van der Waals surface area contributed by atoms with Crippen LogP contribution in [0, 0.1) is 0 Å². The van der Waals surface area contributed by atoms with Gasteiger partial charge in [0.15, 0.2) is 6.17 Å². The SMILES string of the molecule is Cl.Cl.Cl.O=CNC(C(=O)ON1CCN(C2CCNCC2)CC1)N1CCCCC1. The van der Waals surface area contributed by atoms with Crippen molar-refractivity contribution in [1.29, 1.82) is 0 Å². The number of rotatable bonds is 6. The summed E-state index contributed by atoms with van der Waals surface area (Å²) in [6, 6.07) is 0.650. The number of piperidine rings is 2. The summed E-state index contributed by atoms with van der Waals surface area (Å²) in [5.41, 5.74) is 0. The van der Waals surface area contributed by atoms with Crippen LogP contribution in [0.4, 0.5) is 0 Å². The highest BCUT2D eigenvalue weighted by Gasteiger charge is 2.32. The fourth-order valence-electron chi connectivity index (χ4n) is 4.07. The van der Waals surface area contributed by atoms with Crippen molar-refractivity contribution in [2.75, 3.05) is 52.4 Å². The standard InChI is InChI=1S/C17H31N5O3.3ClH/c23-14-19-16(21-8-2-1-3-9-21)17(24)25-22-12-10-20(11-13-22)15-4-6-18-7-5-15;;;/h14-16,18H,1-13H2,(H,19,23);3*1H. The van der Waals surface area contributed by atoms with Crippen molar-refractivity contribution in [3.63, 3.8) is 0 Å². The molecule has 3 fully saturated rings. The molecule has 0 aromatic rings. The molecule has 0 radical (unpaired) electrons. The molecular weight excluding hydrogens is 429 g/mol. The molecule has 0 aromatic heterocycles. The number of hydrogen-bond acceptors (Lipinski definition) is 7. The summed E-state index contributed by atoms with van der Waals surface area (Å²) in [4.78, 5) is 33.5. The van der Waals surface area contributed by atoms with Crippen LogP contribution in [0.5, 0.6) is 0 Å². The van der Waals surface area contributed by atoms with Gasteiger partial charge in [-0.2, -0.15) is 0 Å². The Balaban J connectivity index is 0.00000243. The Morgan fingerprint density at radius 3 is 2.14 bits per heavy atom. The average Bonchev–Trinajstić information content (AvgIpc) is 2.68. The first-order valence-corrected chi connectivity index (χ1v) is 9.63. The minimum absolute atomic E-state index is 0. The van der Waals surface area contributed by atoms with Gasteiger partial charge in [0, 0.05) is 45.3 Å². The predicted molar refractivity (Wildman–Crippen MR) is 115 cm³/mol. The van der Waals surface area contributed by atoms with E-state index in [9.17, 15) is 9.59 Å². The maximum absolute atomic E-state index is 12.5. The summed E-state index contributed by atoms with van der Waals surface area (Å²) in [7, 11) is 0. The van der Waals surface area contributed by atoms with E-state index in [0.717, 1.165) is 65.2 Å². The van der Waals surface area contributed by atoms with Crippen molar-refractivity contribution in [2.45, 2.75) is 44.3 Å². The summed E-state index contributed by atoms with van der Waals surface area (Å²) in [5, 5.41) is 7.78. The zero-order valence-electron chi connectivity index (χ0n) is 16.2. The zero-order valence-corrected chi connectivity index (χ0v) is 18.7. The predicted octanol–water partition coefficient (Wildman–Crippen LogP) is 0.638. The van der Waals surface area contributed by atoms with Gasteiger partial charge in [0.25, 0.3) is 0 Å². The highest BCUT2D eigenvalue weighted by atomic mass is 35.5. The first kappa shape index (κ1) is 27.6. The number of amides is 1. The van der Waals surface area contributed by atoms with Crippen LogP contribution in [0.2, 0.25) is 0 Å². The third-order valence-corrected chi connectivity index (χ3v) is 5.52. The van der Waals surface area contributed by atoms with Gasteiger partial charge >= 0.3 is 5.97 Å². The smallest absolute Gasteiger partial charge is 0.362 e. The maximum Gasteiger partial charge on any atom is 0.362 e. The van der Waals surface area contributed by atoms with Gasteiger partial charge in [0.2, 0.25) is 6.41 Å². The van der Waals surface area contributed by atoms with E-state index in [1.807, 2.05) is 4.90 Å². The first-order valence-electron chi connectivity index (χ1n) is 9.63. The molecule has 0 aromatic carbocycles. The maximum atomic E-state index is 12.5. The number of nitrogens with one attached hydrogen (secondary N) is 2. The summed E-state index contributed by atoms with van der Waals surface area (Å²) < 4.78 is 0. The van der Waals surface area contributed by atoms with Gasteiger partial charge in [-0.3, -0.25) is 14.6 Å². The Labute approximate surface area is 186 Å². The summed E-state index contributed by atoms with van der Waals surface area (Å²) in [6.45, 7) is 7.13. The molecule has 3 aliphatic heterocycles. The van der Waals surface area contributed by atoms with Crippen molar-refractivity contribution in [1.82, 2.24) is 25.5 Å². The van der Waals surface area contributed by atoms with Crippen molar-refractivity contribution < 1.29 is 14.4 Å². The highest BCUT2D eigenvalue weighted by Crippen LogP contribution is 2.16. The van der Waals surface area contributed by atoms with Crippen LogP contribution in [0.3, 0.4) is 0 Å². The quantitative estimate of drug-likeness (QED) is 0.561. The van der Waals surface area contributed by atoms with Gasteiger partial charge in [-0.15, -0.1) is 42.3 Å². The molecule has 0 saturated carbocycles. The average molecular weight is 463 g/mol. The Morgan fingerprint density at radius 1 is 0.964 bits per heavy atom. The normalized spacial score (nSPS) is 23.3. The monoisotopic (exact) mass is 461 g/mol. The van der Waals surface area contributed by atoms with E-state index in [0.29, 0.717) is 12.5 Å². The molecule has 166 valence electrons. The number of nitrogens with zero attached hydrogens (tertiary/aromatic N) is 3. The number of piperazine rings is 1. The molecule has 8 nitrogen and oxygen atoms in total. The van der Waals surface area contributed by atoms with Gasteiger partial charge in [-0.25, -0.2) is 4.79 Å². The van der Waals surface area contributed by atoms with Crippen LogP contribution in [-0.4, -0.2) is 91.8 Å². The molecule has 3 saturated heterocycles. The summed E-state index contributed by atoms with van der Waals surface area (Å²) >= 11 is 0. The number of hydroxylamine groups is 2. The molecule has 1 unspecified atom stereocenters. The van der Waals surface area contributed by atoms with E-state index in [2.05, 4.69) is 15.5 Å². The molecule has 2 N–H and O–H groups in total. The molecule has 3 heterocycles. The Hall–Kier alpha value is -0.350. The lowest BCUT2D eigenvalue weighted by Gasteiger charge is -2.40. The van der Waals surface area contributed by atoms with E-state index in [-0.39, 0.29) is 43.2 Å². The number of likely N-dealkylation sites (tertiary alicyclic amines) is 1. The number of hydrogen-bond donors (Lipinski definition) is 2. The molecular formula is C17H34Cl3N5O3. The molecule has 0 bridgehead atoms. The second-order valence-electron chi connectivity index (χ2n) is 7.14. The molecule has 0 spiro atoms. The Morgan fingerprint density at radius 2 is 1.57 bits per heavy atom. The van der Waals surface area contributed by atoms with Gasteiger partial charge in [-0.05, 0) is 38.8 Å². The first-order chi connectivity index (χ1) is 12.3. The summed E-state index contributed by atoms with van der Waals surface area (Å²) in [6.07, 6.45) is 5.60. The third-order valence-electron chi connectivity index (χ3n) is 5.52. The van der Waals surface area contributed by atoms with E-state index >= 15 is 0 Å². The van der Waals surface area contributed by atoms with Gasteiger partial charge < -0.3 is 15.5 Å². The van der Waals surface area contributed by atoms with Crippen LogP contribution in [-0.2, 0) is 14.4 Å². The van der Waals surface area contributed by atoms with Crippen LogP contribution < -0.4 is 10.6 Å². The number of halogens is 3. The summed E-state index contributed by atoms with van der Waals surface area (Å²) in [5.74, 6) is -0.371. The molecule has 1 amide bonds. The molecule has 3 aliphatic rings. The van der Waals surface area contributed by atoms with Crippen molar-refractivity contribution in [2.24, 2.45) is 0 Å². The van der Waals surface area contributed by atoms with Gasteiger partial charge in [-0.1, -0.05) is 6.42 Å². The fraction of sp³-hybridized carbons (Fsp3) is 0.882. The number of carbonyl (C=O) groups excluding carboxylic acids is 2. The van der Waals surface area contributed by atoms with Crippen LogP contribution in [0.15, 0.2) is 0 Å². The zero-order chi connectivity index (χ0) is 17.5. The molecule has 0 aliphatic carbocycles. The van der Waals surface area contributed by atoms with Crippen molar-refractivity contribution in [3.8, 4) is 0 Å². The second-order valence-corrected chi connectivity index (χ2v) is 7.14. The van der Waals surface area contributed by atoms with Gasteiger partial charge in [0.05, 0.1) is 0 Å². The topological polar surface area (TPSA) is 77.2 Å². The van der Waals surface area contributed by atoms with Crippen LogP contribution >= 0.6 is 37.2 Å². The fourth-order valence-corrected chi connectivity index (χ4v) is 4.07. The number of carbonyl (C=O) groups is 2. The van der Waals surface area contributed by atoms with E-state index < -0.39 is 6.17 Å². The molecule has 1 atom stereocenters. The Kier molecular flexibility index (Phi) is 14.4. The third kappa shape index (κ3) is 7.82. The van der Waals surface area contributed by atoms with Crippen molar-refractivity contribution in [3.05, 3.63) is 0 Å². The van der Waals surface area contributed by atoms with Crippen LogP contribution in [0.1, 0.15) is 32.1 Å². The molecule has 28 heavy (non-hydrogen) atoms. The van der Waals surface area contributed by atoms with E-state index in [1.54, 1.807) is 5.06 Å². The van der Waals surface area contributed by atoms with E-state index in [1.165, 1.54) is 19.3 Å². The second kappa shape index (κ2) is 14.6. The Bertz CT molecular complexity index is 444. The molecule has 3 rings (SSSR count). The lowest BCUT2D eigenvalue weighted by atomic mass is 10.0. The largest absolute Gasteiger partial charge is 0.365 e. The molecule has 11 heteroatoms. The van der Waals surface area contributed by atoms with Crippen LogP contribution in [0.25, 0.3) is 0 Å². The lowest BCUT2D eigenvalue weighted by Crippen LogP contribution is -2.56. The minimum atomic E-state index is -0.666. The van der Waals surface area contributed by atoms with E-state index in [4.69, 9.17) is 4.84 Å². The van der Waals surface area contributed by atoms with Crippen molar-refractivity contribution >= 4 is 49.6 Å². The highest BCUT2D eigenvalue weighted by molar-refractivity contribution is 5.86. The minimum Gasteiger partial charge on any atom is -0.365 e. The van der Waals surface area contributed by atoms with Gasteiger partial charge in [0.1, 0.15) is 0 Å². The lowest BCUT2D eigenvalue weighted by molar-refractivity contribution is -0.206.